The second-order valence-electron chi connectivity index (χ2n) is 6.54. The first-order valence-electron chi connectivity index (χ1n) is 8.99. The van der Waals surface area contributed by atoms with Crippen LogP contribution in [-0.2, 0) is 0 Å². The van der Waals surface area contributed by atoms with Crippen LogP contribution < -0.4 is 10.2 Å². The van der Waals surface area contributed by atoms with Crippen LogP contribution in [0, 0.1) is 5.82 Å². The molecule has 1 saturated heterocycles. The number of piperazine rings is 1. The minimum atomic E-state index is -0.450. The quantitative estimate of drug-likeness (QED) is 0.730. The van der Waals surface area contributed by atoms with Gasteiger partial charge in [0.05, 0.1) is 10.6 Å². The molecule has 0 atom stereocenters. The van der Waals surface area contributed by atoms with Gasteiger partial charge in [0.1, 0.15) is 5.82 Å². The Morgan fingerprint density at radius 2 is 1.74 bits per heavy atom. The lowest BCUT2D eigenvalue weighted by Gasteiger charge is -2.36. The molecule has 2 aromatic rings. The molecule has 0 bridgehead atoms. The maximum atomic E-state index is 13.0. The highest BCUT2D eigenvalue weighted by Gasteiger charge is 2.17. The molecule has 1 aliphatic heterocycles. The highest BCUT2D eigenvalue weighted by molar-refractivity contribution is 6.33. The molecule has 144 valence electrons. The molecule has 1 amide bonds. The Labute approximate surface area is 168 Å². The zero-order valence-electron chi connectivity index (χ0n) is 14.9. The predicted molar refractivity (Wildman–Crippen MR) is 108 cm³/mol. The average molecular weight is 410 g/mol. The summed E-state index contributed by atoms with van der Waals surface area (Å²) in [5.74, 6) is -0.721. The van der Waals surface area contributed by atoms with Crippen LogP contribution in [0.1, 0.15) is 16.8 Å². The van der Waals surface area contributed by atoms with E-state index >= 15 is 0 Å². The summed E-state index contributed by atoms with van der Waals surface area (Å²) in [5.41, 5.74) is 1.50. The molecule has 0 spiro atoms. The highest BCUT2D eigenvalue weighted by atomic mass is 35.5. The van der Waals surface area contributed by atoms with Crippen molar-refractivity contribution in [3.05, 3.63) is 63.9 Å². The van der Waals surface area contributed by atoms with Gasteiger partial charge in [-0.05, 0) is 55.4 Å². The Kier molecular flexibility index (Phi) is 6.94. The van der Waals surface area contributed by atoms with E-state index in [4.69, 9.17) is 23.2 Å². The lowest BCUT2D eigenvalue weighted by atomic mass is 10.2. The normalized spacial score (nSPS) is 15.0. The highest BCUT2D eigenvalue weighted by Crippen LogP contribution is 2.19. The van der Waals surface area contributed by atoms with Crippen LogP contribution in [0.5, 0.6) is 0 Å². The van der Waals surface area contributed by atoms with Crippen LogP contribution in [-0.4, -0.2) is 50.1 Å². The third-order valence-corrected chi connectivity index (χ3v) is 5.24. The maximum absolute atomic E-state index is 13.0. The number of carbonyl (C=O) groups is 1. The van der Waals surface area contributed by atoms with Crippen molar-refractivity contribution in [1.29, 1.82) is 0 Å². The SMILES string of the molecule is O=C(NCCCN1CCN(c2ccc(Cl)cc2)CC1)c1ccc(F)cc1Cl. The third kappa shape index (κ3) is 5.58. The van der Waals surface area contributed by atoms with E-state index in [1.165, 1.54) is 17.8 Å². The maximum Gasteiger partial charge on any atom is 0.252 e. The van der Waals surface area contributed by atoms with Crippen molar-refractivity contribution in [2.75, 3.05) is 44.2 Å². The van der Waals surface area contributed by atoms with E-state index in [1.807, 2.05) is 24.3 Å². The Bertz CT molecular complexity index is 777. The van der Waals surface area contributed by atoms with Crippen molar-refractivity contribution in [3.63, 3.8) is 0 Å². The predicted octanol–water partition coefficient (Wildman–Crippen LogP) is 4.07. The summed E-state index contributed by atoms with van der Waals surface area (Å²) in [7, 11) is 0. The molecule has 0 saturated carbocycles. The van der Waals surface area contributed by atoms with Gasteiger partial charge in [0, 0.05) is 43.4 Å². The number of benzene rings is 2. The van der Waals surface area contributed by atoms with Gasteiger partial charge in [-0.15, -0.1) is 0 Å². The number of amides is 1. The minimum absolute atomic E-state index is 0.130. The second kappa shape index (κ2) is 9.40. The molecule has 2 aromatic carbocycles. The summed E-state index contributed by atoms with van der Waals surface area (Å²) in [6.07, 6.45) is 0.853. The summed E-state index contributed by atoms with van der Waals surface area (Å²) in [6.45, 7) is 5.40. The lowest BCUT2D eigenvalue weighted by Crippen LogP contribution is -2.47. The lowest BCUT2D eigenvalue weighted by molar-refractivity contribution is 0.0951. The Morgan fingerprint density at radius 1 is 1.04 bits per heavy atom. The molecule has 1 fully saturated rings. The Hall–Kier alpha value is -1.82. The van der Waals surface area contributed by atoms with Gasteiger partial charge >= 0.3 is 0 Å². The molecule has 0 aromatic heterocycles. The van der Waals surface area contributed by atoms with Crippen molar-refractivity contribution >= 4 is 34.8 Å². The van der Waals surface area contributed by atoms with Gasteiger partial charge < -0.3 is 10.2 Å². The van der Waals surface area contributed by atoms with E-state index in [0.717, 1.165) is 50.2 Å². The summed E-state index contributed by atoms with van der Waals surface area (Å²) in [4.78, 5) is 16.8. The standard InChI is InChI=1S/C20H22Cl2FN3O/c21-15-2-5-17(6-3-15)26-12-10-25(11-13-26)9-1-8-24-20(27)18-7-4-16(23)14-19(18)22/h2-7,14H,1,8-13H2,(H,24,27). The monoisotopic (exact) mass is 409 g/mol. The first-order chi connectivity index (χ1) is 13.0. The molecule has 4 nitrogen and oxygen atoms in total. The van der Waals surface area contributed by atoms with Gasteiger partial charge in [-0.1, -0.05) is 23.2 Å². The van der Waals surface area contributed by atoms with Crippen molar-refractivity contribution in [2.45, 2.75) is 6.42 Å². The third-order valence-electron chi connectivity index (χ3n) is 4.68. The Morgan fingerprint density at radius 3 is 2.41 bits per heavy atom. The molecule has 3 rings (SSSR count). The Balaban J connectivity index is 1.37. The topological polar surface area (TPSA) is 35.6 Å². The number of halogens is 3. The van der Waals surface area contributed by atoms with E-state index in [1.54, 1.807) is 0 Å². The molecule has 0 aliphatic carbocycles. The summed E-state index contributed by atoms with van der Waals surface area (Å²) in [6, 6.07) is 11.7. The molecule has 1 N–H and O–H groups in total. The molecule has 0 unspecified atom stereocenters. The molecule has 7 heteroatoms. The number of hydrogen-bond acceptors (Lipinski definition) is 3. The molecule has 1 heterocycles. The average Bonchev–Trinajstić information content (AvgIpc) is 2.66. The van der Waals surface area contributed by atoms with E-state index in [0.29, 0.717) is 12.1 Å². The van der Waals surface area contributed by atoms with Gasteiger partial charge in [-0.2, -0.15) is 0 Å². The summed E-state index contributed by atoms with van der Waals surface area (Å²) in [5, 5.41) is 3.72. The smallest absolute Gasteiger partial charge is 0.252 e. The minimum Gasteiger partial charge on any atom is -0.369 e. The fourth-order valence-electron chi connectivity index (χ4n) is 3.16. The van der Waals surface area contributed by atoms with Crippen LogP contribution in [0.2, 0.25) is 10.0 Å². The zero-order chi connectivity index (χ0) is 19.2. The van der Waals surface area contributed by atoms with Gasteiger partial charge in [-0.3, -0.25) is 9.69 Å². The van der Waals surface area contributed by atoms with Crippen LogP contribution >= 0.6 is 23.2 Å². The van der Waals surface area contributed by atoms with E-state index < -0.39 is 5.82 Å². The molecular weight excluding hydrogens is 388 g/mol. The van der Waals surface area contributed by atoms with Crippen LogP contribution in [0.4, 0.5) is 10.1 Å². The fraction of sp³-hybridized carbons (Fsp3) is 0.350. The number of nitrogens with one attached hydrogen (secondary N) is 1. The number of anilines is 1. The first-order valence-corrected chi connectivity index (χ1v) is 9.74. The second-order valence-corrected chi connectivity index (χ2v) is 7.38. The van der Waals surface area contributed by atoms with Crippen molar-refractivity contribution < 1.29 is 9.18 Å². The number of nitrogens with zero attached hydrogens (tertiary/aromatic N) is 2. The summed E-state index contributed by atoms with van der Waals surface area (Å²) < 4.78 is 13.0. The number of rotatable bonds is 6. The van der Waals surface area contributed by atoms with Crippen molar-refractivity contribution in [2.24, 2.45) is 0 Å². The van der Waals surface area contributed by atoms with Gasteiger partial charge in [0.25, 0.3) is 5.91 Å². The summed E-state index contributed by atoms with van der Waals surface area (Å²) >= 11 is 11.9. The van der Waals surface area contributed by atoms with Gasteiger partial charge in [-0.25, -0.2) is 4.39 Å². The zero-order valence-corrected chi connectivity index (χ0v) is 16.4. The molecule has 0 radical (unpaired) electrons. The van der Waals surface area contributed by atoms with E-state index in [9.17, 15) is 9.18 Å². The fourth-order valence-corrected chi connectivity index (χ4v) is 3.53. The van der Waals surface area contributed by atoms with Gasteiger partial charge in [0.15, 0.2) is 0 Å². The largest absolute Gasteiger partial charge is 0.369 e. The first kappa shape index (κ1) is 19.9. The van der Waals surface area contributed by atoms with E-state index in [-0.39, 0.29) is 10.9 Å². The number of hydrogen-bond donors (Lipinski definition) is 1. The van der Waals surface area contributed by atoms with Crippen LogP contribution in [0.3, 0.4) is 0 Å². The van der Waals surface area contributed by atoms with Crippen LogP contribution in [0.25, 0.3) is 0 Å². The number of carbonyl (C=O) groups excluding carboxylic acids is 1. The molecule has 27 heavy (non-hydrogen) atoms. The van der Waals surface area contributed by atoms with E-state index in [2.05, 4.69) is 15.1 Å². The van der Waals surface area contributed by atoms with Crippen molar-refractivity contribution in [3.8, 4) is 0 Å². The van der Waals surface area contributed by atoms with Crippen LogP contribution in [0.15, 0.2) is 42.5 Å². The molecular formula is C20H22Cl2FN3O. The molecule has 1 aliphatic rings. The van der Waals surface area contributed by atoms with Crippen molar-refractivity contribution in [1.82, 2.24) is 10.2 Å². The van der Waals surface area contributed by atoms with Gasteiger partial charge in [0.2, 0.25) is 0 Å².